The van der Waals surface area contributed by atoms with Crippen LogP contribution in [0.15, 0.2) is 24.4 Å². The number of nitrogens with one attached hydrogen (secondary N) is 1. The molecular formula is C14H22N2O. The van der Waals surface area contributed by atoms with Crippen LogP contribution < -0.4 is 5.32 Å². The predicted octanol–water partition coefficient (Wildman–Crippen LogP) is 2.17. The third-order valence-corrected chi connectivity index (χ3v) is 3.58. The zero-order chi connectivity index (χ0) is 12.1. The fraction of sp³-hybridized carbons (Fsp3) is 0.643. The molecule has 1 aliphatic rings. The zero-order valence-electron chi connectivity index (χ0n) is 10.8. The highest BCUT2D eigenvalue weighted by atomic mass is 16.5. The van der Waals surface area contributed by atoms with Crippen molar-refractivity contribution >= 4 is 0 Å². The van der Waals surface area contributed by atoms with E-state index in [1.165, 1.54) is 6.42 Å². The Kier molecular flexibility index (Phi) is 4.13. The molecule has 1 fully saturated rings. The number of likely N-dealkylation sites (N-methyl/N-ethyl adjacent to an activating group) is 1. The normalized spacial score (nSPS) is 26.0. The highest BCUT2D eigenvalue weighted by molar-refractivity contribution is 5.08. The first-order valence-corrected chi connectivity index (χ1v) is 6.52. The third-order valence-electron chi connectivity index (χ3n) is 3.58. The van der Waals surface area contributed by atoms with Gasteiger partial charge in [-0.25, -0.2) is 0 Å². The molecule has 1 saturated heterocycles. The summed E-state index contributed by atoms with van der Waals surface area (Å²) in [6.07, 6.45) is 5.10. The van der Waals surface area contributed by atoms with Gasteiger partial charge in [0.15, 0.2) is 0 Å². The maximum Gasteiger partial charge on any atom is 0.0811 e. The summed E-state index contributed by atoms with van der Waals surface area (Å²) in [5.41, 5.74) is 1.10. The molecule has 0 aliphatic carbocycles. The van der Waals surface area contributed by atoms with Crippen molar-refractivity contribution in [2.75, 3.05) is 13.2 Å². The molecule has 3 nitrogen and oxygen atoms in total. The standard InChI is InChI=1S/C14H22N2O/c1-3-15-13(14(2)8-6-10-17-14)11-12-7-4-5-9-16-12/h4-5,7,9,13,15H,3,6,8,10-11H2,1-2H3. The van der Waals surface area contributed by atoms with Gasteiger partial charge in [0, 0.05) is 31.0 Å². The molecule has 1 N–H and O–H groups in total. The van der Waals surface area contributed by atoms with Gasteiger partial charge in [0.25, 0.3) is 0 Å². The Morgan fingerprint density at radius 3 is 3.00 bits per heavy atom. The Balaban J connectivity index is 2.07. The average Bonchev–Trinajstić information content (AvgIpc) is 2.78. The Morgan fingerprint density at radius 1 is 1.53 bits per heavy atom. The molecule has 0 radical (unpaired) electrons. The molecule has 2 rings (SSSR count). The average molecular weight is 234 g/mol. The van der Waals surface area contributed by atoms with Gasteiger partial charge in [0.2, 0.25) is 0 Å². The van der Waals surface area contributed by atoms with E-state index in [9.17, 15) is 0 Å². The maximum atomic E-state index is 5.94. The van der Waals surface area contributed by atoms with Gasteiger partial charge in [0.05, 0.1) is 5.60 Å². The number of hydrogen-bond acceptors (Lipinski definition) is 3. The summed E-state index contributed by atoms with van der Waals surface area (Å²) < 4.78 is 5.94. The highest BCUT2D eigenvalue weighted by Gasteiger charge is 2.37. The first-order valence-electron chi connectivity index (χ1n) is 6.52. The smallest absolute Gasteiger partial charge is 0.0811 e. The molecule has 0 aromatic carbocycles. The van der Waals surface area contributed by atoms with Gasteiger partial charge < -0.3 is 10.1 Å². The molecule has 1 aromatic heterocycles. The van der Waals surface area contributed by atoms with Gasteiger partial charge in [-0.2, -0.15) is 0 Å². The van der Waals surface area contributed by atoms with Crippen LogP contribution >= 0.6 is 0 Å². The van der Waals surface area contributed by atoms with Gasteiger partial charge >= 0.3 is 0 Å². The second-order valence-corrected chi connectivity index (χ2v) is 4.90. The minimum absolute atomic E-state index is 0.0342. The number of ether oxygens (including phenoxy) is 1. The Labute approximate surface area is 104 Å². The van der Waals surface area contributed by atoms with Crippen molar-refractivity contribution in [3.8, 4) is 0 Å². The van der Waals surface area contributed by atoms with Crippen molar-refractivity contribution < 1.29 is 4.74 Å². The van der Waals surface area contributed by atoms with Crippen LogP contribution in [0.3, 0.4) is 0 Å². The summed E-state index contributed by atoms with van der Waals surface area (Å²) in [4.78, 5) is 4.41. The number of aromatic nitrogens is 1. The fourth-order valence-corrected chi connectivity index (χ4v) is 2.55. The molecule has 2 unspecified atom stereocenters. The van der Waals surface area contributed by atoms with Crippen LogP contribution in [0, 0.1) is 0 Å². The van der Waals surface area contributed by atoms with Crippen LogP contribution in [0.1, 0.15) is 32.4 Å². The molecule has 0 amide bonds. The van der Waals surface area contributed by atoms with E-state index in [2.05, 4.69) is 30.2 Å². The minimum Gasteiger partial charge on any atom is -0.374 e. The molecule has 2 heterocycles. The van der Waals surface area contributed by atoms with E-state index in [0.717, 1.165) is 31.7 Å². The largest absolute Gasteiger partial charge is 0.374 e. The first kappa shape index (κ1) is 12.5. The number of nitrogens with zero attached hydrogens (tertiary/aromatic N) is 1. The SMILES string of the molecule is CCNC(Cc1ccccn1)C1(C)CCCO1. The van der Waals surface area contributed by atoms with E-state index in [-0.39, 0.29) is 5.60 Å². The number of pyridine rings is 1. The summed E-state index contributed by atoms with van der Waals surface area (Å²) >= 11 is 0. The lowest BCUT2D eigenvalue weighted by atomic mass is 9.89. The second-order valence-electron chi connectivity index (χ2n) is 4.90. The summed E-state index contributed by atoms with van der Waals surface area (Å²) in [5.74, 6) is 0. The zero-order valence-corrected chi connectivity index (χ0v) is 10.8. The predicted molar refractivity (Wildman–Crippen MR) is 69.0 cm³/mol. The van der Waals surface area contributed by atoms with E-state index in [1.807, 2.05) is 18.3 Å². The van der Waals surface area contributed by atoms with E-state index in [1.54, 1.807) is 0 Å². The Bertz CT molecular complexity index is 333. The first-order chi connectivity index (χ1) is 8.24. The molecule has 17 heavy (non-hydrogen) atoms. The van der Waals surface area contributed by atoms with Crippen molar-refractivity contribution in [3.05, 3.63) is 30.1 Å². The lowest BCUT2D eigenvalue weighted by molar-refractivity contribution is -0.0113. The molecule has 3 heteroatoms. The van der Waals surface area contributed by atoms with Gasteiger partial charge in [-0.05, 0) is 38.4 Å². The van der Waals surface area contributed by atoms with Gasteiger partial charge in [-0.1, -0.05) is 13.0 Å². The monoisotopic (exact) mass is 234 g/mol. The van der Waals surface area contributed by atoms with E-state index >= 15 is 0 Å². The molecule has 0 bridgehead atoms. The summed E-state index contributed by atoms with van der Waals surface area (Å²) in [7, 11) is 0. The van der Waals surface area contributed by atoms with Crippen molar-refractivity contribution in [3.63, 3.8) is 0 Å². The Hall–Kier alpha value is -0.930. The van der Waals surface area contributed by atoms with Crippen molar-refractivity contribution in [1.82, 2.24) is 10.3 Å². The molecule has 94 valence electrons. The van der Waals surface area contributed by atoms with Crippen LogP contribution in [0.2, 0.25) is 0 Å². The highest BCUT2D eigenvalue weighted by Crippen LogP contribution is 2.30. The van der Waals surface area contributed by atoms with Gasteiger partial charge in [-0.15, -0.1) is 0 Å². The van der Waals surface area contributed by atoms with Gasteiger partial charge in [-0.3, -0.25) is 4.98 Å². The number of rotatable bonds is 5. The lowest BCUT2D eigenvalue weighted by Gasteiger charge is -2.33. The molecule has 1 aromatic rings. The van der Waals surface area contributed by atoms with Crippen LogP contribution in [0.5, 0.6) is 0 Å². The van der Waals surface area contributed by atoms with Crippen LogP contribution in [0.25, 0.3) is 0 Å². The van der Waals surface area contributed by atoms with E-state index in [0.29, 0.717) is 6.04 Å². The molecule has 1 aliphatic heterocycles. The van der Waals surface area contributed by atoms with Crippen molar-refractivity contribution in [1.29, 1.82) is 0 Å². The summed E-state index contributed by atoms with van der Waals surface area (Å²) in [6, 6.07) is 6.44. The topological polar surface area (TPSA) is 34.2 Å². The van der Waals surface area contributed by atoms with Crippen LogP contribution in [0.4, 0.5) is 0 Å². The third kappa shape index (κ3) is 3.05. The van der Waals surface area contributed by atoms with Crippen LogP contribution in [-0.4, -0.2) is 29.8 Å². The number of hydrogen-bond donors (Lipinski definition) is 1. The molecule has 0 spiro atoms. The summed E-state index contributed by atoms with van der Waals surface area (Å²) in [5, 5.41) is 3.55. The fourth-order valence-electron chi connectivity index (χ4n) is 2.55. The van der Waals surface area contributed by atoms with E-state index < -0.39 is 0 Å². The van der Waals surface area contributed by atoms with Crippen LogP contribution in [-0.2, 0) is 11.2 Å². The molecule has 2 atom stereocenters. The lowest BCUT2D eigenvalue weighted by Crippen LogP contribution is -2.49. The molecular weight excluding hydrogens is 212 g/mol. The van der Waals surface area contributed by atoms with Crippen molar-refractivity contribution in [2.24, 2.45) is 0 Å². The van der Waals surface area contributed by atoms with Crippen molar-refractivity contribution in [2.45, 2.75) is 44.8 Å². The quantitative estimate of drug-likeness (QED) is 0.848. The molecule has 0 saturated carbocycles. The summed E-state index contributed by atoms with van der Waals surface area (Å²) in [6.45, 7) is 6.22. The second kappa shape index (κ2) is 5.61. The Morgan fingerprint density at radius 2 is 2.41 bits per heavy atom. The van der Waals surface area contributed by atoms with Gasteiger partial charge in [0.1, 0.15) is 0 Å². The maximum absolute atomic E-state index is 5.94. The van der Waals surface area contributed by atoms with E-state index in [4.69, 9.17) is 4.74 Å². The minimum atomic E-state index is -0.0342.